The number of aromatic nitrogens is 2. The average Bonchev–Trinajstić information content (AvgIpc) is 3.52. The van der Waals surface area contributed by atoms with Gasteiger partial charge in [-0.3, -0.25) is 9.59 Å². The van der Waals surface area contributed by atoms with Crippen LogP contribution in [0.3, 0.4) is 0 Å². The van der Waals surface area contributed by atoms with Gasteiger partial charge < -0.3 is 24.7 Å². The van der Waals surface area contributed by atoms with Crippen LogP contribution in [0, 0.1) is 5.41 Å². The van der Waals surface area contributed by atoms with E-state index in [2.05, 4.69) is 38.7 Å². The van der Waals surface area contributed by atoms with Gasteiger partial charge in [-0.2, -0.15) is 0 Å². The van der Waals surface area contributed by atoms with Crippen LogP contribution in [0.4, 0.5) is 10.8 Å². The second kappa shape index (κ2) is 9.64. The minimum Gasteiger partial charge on any atom is -0.402 e. The van der Waals surface area contributed by atoms with E-state index in [-0.39, 0.29) is 18.4 Å². The highest BCUT2D eigenvalue weighted by Crippen LogP contribution is 2.40. The highest BCUT2D eigenvalue weighted by molar-refractivity contribution is 7.14. The number of rotatable bonds is 7. The summed E-state index contributed by atoms with van der Waals surface area (Å²) in [4.78, 5) is 31.5. The fourth-order valence-electron chi connectivity index (χ4n) is 4.38. The van der Waals surface area contributed by atoms with Gasteiger partial charge in [0.1, 0.15) is 0 Å². The Balaban J connectivity index is 1.16. The van der Waals surface area contributed by atoms with E-state index in [4.69, 9.17) is 4.74 Å². The quantitative estimate of drug-likeness (QED) is 0.512. The summed E-state index contributed by atoms with van der Waals surface area (Å²) in [5.74, 6) is -0.604. The van der Waals surface area contributed by atoms with Crippen molar-refractivity contribution >= 4 is 41.4 Å². The van der Waals surface area contributed by atoms with Crippen molar-refractivity contribution in [2.24, 2.45) is 5.41 Å². The zero-order valence-electron chi connectivity index (χ0n) is 19.1. The molecule has 0 saturated carbocycles. The number of piperidine rings is 1. The predicted octanol–water partition coefficient (Wildman–Crippen LogP) is 3.11. The molecule has 2 aromatic heterocycles. The molecule has 2 saturated heterocycles. The van der Waals surface area contributed by atoms with Gasteiger partial charge in [-0.05, 0) is 37.2 Å². The van der Waals surface area contributed by atoms with Crippen LogP contribution >= 0.6 is 11.3 Å². The Labute approximate surface area is 203 Å². The van der Waals surface area contributed by atoms with E-state index in [1.807, 2.05) is 25.7 Å². The van der Waals surface area contributed by atoms with Crippen LogP contribution < -0.4 is 15.5 Å². The summed E-state index contributed by atoms with van der Waals surface area (Å²) in [5, 5.41) is 7.86. The maximum Gasteiger partial charge on any atom is 0.253 e. The Morgan fingerprint density at radius 1 is 1.24 bits per heavy atom. The summed E-state index contributed by atoms with van der Waals surface area (Å²) in [6.07, 6.45) is 5.83. The molecule has 175 valence electrons. The molecule has 2 aliphatic rings. The first-order chi connectivity index (χ1) is 16.5. The van der Waals surface area contributed by atoms with Crippen molar-refractivity contribution in [1.29, 1.82) is 0 Å². The molecule has 1 aromatic carbocycles. The number of carbonyl (C=O) groups excluding carboxylic acids is 2. The largest absolute Gasteiger partial charge is 0.402 e. The first-order valence-corrected chi connectivity index (χ1v) is 12.4. The molecule has 2 N–H and O–H groups in total. The summed E-state index contributed by atoms with van der Waals surface area (Å²) < 4.78 is 7.22. The van der Waals surface area contributed by atoms with Crippen LogP contribution in [0.5, 0.6) is 0 Å². The number of amides is 2. The van der Waals surface area contributed by atoms with E-state index in [0.29, 0.717) is 16.1 Å². The van der Waals surface area contributed by atoms with Crippen LogP contribution in [-0.2, 0) is 9.53 Å². The van der Waals surface area contributed by atoms with Gasteiger partial charge in [-0.15, -0.1) is 11.3 Å². The number of anilines is 2. The predicted molar refractivity (Wildman–Crippen MR) is 135 cm³/mol. The van der Waals surface area contributed by atoms with Gasteiger partial charge in [0.2, 0.25) is 13.3 Å². The maximum absolute atomic E-state index is 12.3. The molecule has 0 atom stereocenters. The van der Waals surface area contributed by atoms with Crippen molar-refractivity contribution in [3.05, 3.63) is 53.7 Å². The second-order valence-corrected chi connectivity index (χ2v) is 9.76. The lowest BCUT2D eigenvalue weighted by Crippen LogP contribution is -2.50. The monoisotopic (exact) mass is 476 g/mol. The van der Waals surface area contributed by atoms with E-state index in [9.17, 15) is 9.59 Å². The molecule has 5 rings (SSSR count). The van der Waals surface area contributed by atoms with Gasteiger partial charge in [0, 0.05) is 41.3 Å². The molecule has 10 heteroatoms. The standard InChI is InChI=1S/C24H27BN5O3S/c1-25-30-8-5-18(13-30)22(32)26-12-21(31)28-23-27-20(14-34-23)17-3-2-4-19(11-17)29-9-6-24(7-10-29)15-33-16-24/h2-5,8,11,13-14H,6-7,9-10,12,15-16H2,1H3,(H,26,32)(H,27,28,31). The molecule has 2 aliphatic heterocycles. The highest BCUT2D eigenvalue weighted by Gasteiger charge is 2.41. The fraction of sp³-hybridized carbons (Fsp3) is 0.375. The number of nitrogens with zero attached hydrogens (tertiary/aromatic N) is 3. The molecule has 3 aromatic rings. The molecular formula is C24H27BN5O3S. The molecule has 8 nitrogen and oxygen atoms in total. The number of nitrogens with one attached hydrogen (secondary N) is 2. The normalized spacial score (nSPS) is 16.7. The Morgan fingerprint density at radius 2 is 2.06 bits per heavy atom. The van der Waals surface area contributed by atoms with Crippen LogP contribution in [0.1, 0.15) is 23.2 Å². The van der Waals surface area contributed by atoms with Crippen molar-refractivity contribution in [3.8, 4) is 11.3 Å². The molecule has 2 fully saturated rings. The molecule has 0 bridgehead atoms. The van der Waals surface area contributed by atoms with Crippen molar-refractivity contribution < 1.29 is 14.3 Å². The molecule has 34 heavy (non-hydrogen) atoms. The summed E-state index contributed by atoms with van der Waals surface area (Å²) in [5.41, 5.74) is 3.96. The van der Waals surface area contributed by atoms with Crippen LogP contribution in [0.2, 0.25) is 6.82 Å². The zero-order chi connectivity index (χ0) is 23.5. The minimum atomic E-state index is -0.313. The molecule has 0 aliphatic carbocycles. The van der Waals surface area contributed by atoms with Gasteiger partial charge in [0.25, 0.3) is 5.91 Å². The van der Waals surface area contributed by atoms with Crippen LogP contribution in [0.25, 0.3) is 11.3 Å². The Kier molecular flexibility index (Phi) is 6.43. The van der Waals surface area contributed by atoms with Crippen LogP contribution in [0.15, 0.2) is 48.1 Å². The van der Waals surface area contributed by atoms with E-state index in [0.717, 1.165) is 37.6 Å². The van der Waals surface area contributed by atoms with Crippen LogP contribution in [-0.4, -0.2) is 61.5 Å². The Bertz CT molecular complexity index is 1180. The van der Waals surface area contributed by atoms with Gasteiger partial charge in [0.15, 0.2) is 5.13 Å². The first-order valence-electron chi connectivity index (χ1n) is 11.5. The first kappa shape index (κ1) is 22.7. The van der Waals surface area contributed by atoms with Gasteiger partial charge >= 0.3 is 0 Å². The number of benzene rings is 1. The summed E-state index contributed by atoms with van der Waals surface area (Å²) in [7, 11) is 1.84. The van der Waals surface area contributed by atoms with Gasteiger partial charge in [-0.1, -0.05) is 19.0 Å². The lowest BCUT2D eigenvalue weighted by atomic mass is 9.77. The van der Waals surface area contributed by atoms with Crippen molar-refractivity contribution in [2.45, 2.75) is 19.7 Å². The topological polar surface area (TPSA) is 88.5 Å². The average molecular weight is 476 g/mol. The third-order valence-electron chi connectivity index (χ3n) is 6.58. The number of thiazole rings is 1. The fourth-order valence-corrected chi connectivity index (χ4v) is 5.11. The molecule has 1 radical (unpaired) electrons. The van der Waals surface area contributed by atoms with E-state index < -0.39 is 0 Å². The van der Waals surface area contributed by atoms with Gasteiger partial charge in [0.05, 0.1) is 31.0 Å². The number of hydrogen-bond donors (Lipinski definition) is 2. The van der Waals surface area contributed by atoms with Crippen molar-refractivity contribution in [3.63, 3.8) is 0 Å². The molecule has 4 heterocycles. The minimum absolute atomic E-state index is 0.119. The number of carbonyl (C=O) groups is 2. The van der Waals surface area contributed by atoms with E-state index >= 15 is 0 Å². The van der Waals surface area contributed by atoms with E-state index in [1.165, 1.54) is 29.9 Å². The molecular weight excluding hydrogens is 449 g/mol. The van der Waals surface area contributed by atoms with Crippen molar-refractivity contribution in [1.82, 2.24) is 14.8 Å². The molecule has 1 spiro atoms. The SMILES string of the molecule is C[B]n1ccc(C(=O)NCC(=O)Nc2nc(-c3cccc(N4CCC5(CC4)COC5)c3)cs2)c1. The lowest BCUT2D eigenvalue weighted by Gasteiger charge is -2.47. The molecule has 2 amide bonds. The van der Waals surface area contributed by atoms with Crippen molar-refractivity contribution in [2.75, 3.05) is 43.1 Å². The number of ether oxygens (including phenoxy) is 1. The Hall–Kier alpha value is -3.11. The summed E-state index contributed by atoms with van der Waals surface area (Å²) >= 11 is 1.37. The highest BCUT2D eigenvalue weighted by atomic mass is 32.1. The second-order valence-electron chi connectivity index (χ2n) is 8.90. The third-order valence-corrected chi connectivity index (χ3v) is 7.34. The Morgan fingerprint density at radius 3 is 2.76 bits per heavy atom. The van der Waals surface area contributed by atoms with E-state index in [1.54, 1.807) is 22.9 Å². The maximum atomic E-state index is 12.3. The smallest absolute Gasteiger partial charge is 0.253 e. The number of hydrogen-bond acceptors (Lipinski definition) is 6. The van der Waals surface area contributed by atoms with Gasteiger partial charge in [-0.25, -0.2) is 4.98 Å². The zero-order valence-corrected chi connectivity index (χ0v) is 19.9. The molecule has 0 unspecified atom stereocenters. The summed E-state index contributed by atoms with van der Waals surface area (Å²) in [6.45, 7) is 5.65. The lowest BCUT2D eigenvalue weighted by molar-refractivity contribution is -0.124. The summed E-state index contributed by atoms with van der Waals surface area (Å²) in [6, 6.07) is 10.1. The third kappa shape index (κ3) is 4.88.